The lowest BCUT2D eigenvalue weighted by Gasteiger charge is -2.27. The van der Waals surface area contributed by atoms with Crippen LogP contribution < -0.4 is 5.32 Å². The summed E-state index contributed by atoms with van der Waals surface area (Å²) < 4.78 is 2.77. The van der Waals surface area contributed by atoms with E-state index in [9.17, 15) is 9.90 Å². The van der Waals surface area contributed by atoms with E-state index in [2.05, 4.69) is 21.2 Å². The van der Waals surface area contributed by atoms with Gasteiger partial charge in [0.15, 0.2) is 0 Å². The van der Waals surface area contributed by atoms with Gasteiger partial charge in [0.2, 0.25) is 0 Å². The lowest BCUT2D eigenvalue weighted by Crippen LogP contribution is -2.47. The summed E-state index contributed by atoms with van der Waals surface area (Å²) in [6, 6.07) is 1.99. The number of aliphatic hydroxyl groups is 1. The molecule has 20 heavy (non-hydrogen) atoms. The molecule has 2 N–H and O–H groups in total. The van der Waals surface area contributed by atoms with Crippen LogP contribution in [0.15, 0.2) is 16.7 Å². The number of likely N-dealkylation sites (N-methyl/N-ethyl adjacent to an activating group) is 1. The number of aromatic nitrogens is 1. The van der Waals surface area contributed by atoms with Crippen molar-refractivity contribution < 1.29 is 9.90 Å². The molecule has 1 aromatic rings. The fraction of sp³-hybridized carbons (Fsp3) is 0.643. The van der Waals surface area contributed by atoms with Crippen molar-refractivity contribution in [2.45, 2.75) is 32.4 Å². The summed E-state index contributed by atoms with van der Waals surface area (Å²) in [5.41, 5.74) is -0.362. The first kappa shape index (κ1) is 17.2. The highest BCUT2D eigenvalue weighted by atomic mass is 79.9. The van der Waals surface area contributed by atoms with Crippen LogP contribution in [-0.4, -0.2) is 53.3 Å². The number of halogens is 1. The third-order valence-corrected chi connectivity index (χ3v) is 3.32. The molecule has 0 aliphatic heterocycles. The molecule has 114 valence electrons. The van der Waals surface area contributed by atoms with E-state index in [1.165, 1.54) is 0 Å². The number of hydrogen-bond acceptors (Lipinski definition) is 3. The number of rotatable bonds is 6. The minimum atomic E-state index is -0.953. The summed E-state index contributed by atoms with van der Waals surface area (Å²) in [6.45, 7) is 6.45. The molecule has 0 fully saturated rings. The van der Waals surface area contributed by atoms with Crippen LogP contribution in [-0.2, 0) is 0 Å². The van der Waals surface area contributed by atoms with Crippen molar-refractivity contribution in [2.75, 3.05) is 27.2 Å². The molecule has 0 aliphatic rings. The van der Waals surface area contributed by atoms with Gasteiger partial charge in [-0.05, 0) is 56.9 Å². The van der Waals surface area contributed by atoms with Gasteiger partial charge in [0.1, 0.15) is 5.69 Å². The summed E-state index contributed by atoms with van der Waals surface area (Å²) in [6.07, 6.45) is 1.89. The second-order valence-corrected chi connectivity index (χ2v) is 6.88. The second-order valence-electron chi connectivity index (χ2n) is 5.96. The Morgan fingerprint density at radius 1 is 1.55 bits per heavy atom. The van der Waals surface area contributed by atoms with Crippen LogP contribution in [0.3, 0.4) is 0 Å². The fourth-order valence-corrected chi connectivity index (χ4v) is 2.59. The van der Waals surface area contributed by atoms with Crippen LogP contribution in [0.1, 0.15) is 37.3 Å². The average Bonchev–Trinajstić information content (AvgIpc) is 2.67. The molecular weight excluding hydrogens is 322 g/mol. The predicted octanol–water partition coefficient (Wildman–Crippen LogP) is 1.87. The van der Waals surface area contributed by atoms with E-state index in [1.807, 2.05) is 43.6 Å². The third-order valence-electron chi connectivity index (χ3n) is 2.89. The zero-order valence-electron chi connectivity index (χ0n) is 12.8. The summed E-state index contributed by atoms with van der Waals surface area (Å²) in [7, 11) is 3.77. The highest BCUT2D eigenvalue weighted by molar-refractivity contribution is 9.10. The number of nitrogens with zero attached hydrogens (tertiary/aromatic N) is 2. The fourth-order valence-electron chi connectivity index (χ4n) is 2.15. The molecule has 1 atom stereocenters. The molecular formula is C14H24BrN3O2. The number of hydrogen-bond donors (Lipinski definition) is 2. The van der Waals surface area contributed by atoms with Gasteiger partial charge in [-0.15, -0.1) is 0 Å². The van der Waals surface area contributed by atoms with Gasteiger partial charge in [0.25, 0.3) is 5.91 Å². The molecule has 0 saturated carbocycles. The van der Waals surface area contributed by atoms with E-state index in [-0.39, 0.29) is 18.5 Å². The first-order valence-electron chi connectivity index (χ1n) is 6.65. The molecule has 0 bridgehead atoms. The van der Waals surface area contributed by atoms with E-state index < -0.39 is 5.60 Å². The molecule has 5 nitrogen and oxygen atoms in total. The van der Waals surface area contributed by atoms with Crippen molar-refractivity contribution >= 4 is 21.8 Å². The van der Waals surface area contributed by atoms with Gasteiger partial charge in [-0.25, -0.2) is 0 Å². The zero-order valence-corrected chi connectivity index (χ0v) is 14.4. The highest BCUT2D eigenvalue weighted by Crippen LogP contribution is 2.19. The van der Waals surface area contributed by atoms with E-state index in [4.69, 9.17) is 0 Å². The molecule has 0 aromatic carbocycles. The molecule has 1 aromatic heterocycles. The number of carbonyl (C=O) groups excluding carboxylic acids is 1. The standard InChI is InChI=1S/C14H24BrN3O2/c1-10(2)18-7-11(15)6-12(18)13(19)16-8-14(3,20)9-17(4)5/h6-7,10,20H,8-9H2,1-5H3,(H,16,19). The van der Waals surface area contributed by atoms with Crippen LogP contribution in [0.5, 0.6) is 0 Å². The van der Waals surface area contributed by atoms with Crippen LogP contribution >= 0.6 is 15.9 Å². The smallest absolute Gasteiger partial charge is 0.268 e. The van der Waals surface area contributed by atoms with Gasteiger partial charge in [-0.1, -0.05) is 0 Å². The first-order valence-corrected chi connectivity index (χ1v) is 7.44. The molecule has 0 spiro atoms. The Kier molecular flexibility index (Phi) is 5.79. The molecule has 0 saturated heterocycles. The molecule has 6 heteroatoms. The Morgan fingerprint density at radius 2 is 2.15 bits per heavy atom. The predicted molar refractivity (Wildman–Crippen MR) is 84.0 cm³/mol. The number of amides is 1. The minimum absolute atomic E-state index is 0.177. The van der Waals surface area contributed by atoms with E-state index >= 15 is 0 Å². The maximum absolute atomic E-state index is 12.2. The second kappa shape index (κ2) is 6.74. The third kappa shape index (κ3) is 4.92. The van der Waals surface area contributed by atoms with Gasteiger partial charge in [0.05, 0.1) is 5.60 Å². The Hall–Kier alpha value is -0.850. The quantitative estimate of drug-likeness (QED) is 0.827. The Morgan fingerprint density at radius 3 is 2.65 bits per heavy atom. The van der Waals surface area contributed by atoms with Crippen LogP contribution in [0.4, 0.5) is 0 Å². The van der Waals surface area contributed by atoms with Crippen LogP contribution in [0, 0.1) is 0 Å². The summed E-state index contributed by atoms with van der Waals surface area (Å²) in [5, 5.41) is 13.0. The van der Waals surface area contributed by atoms with Gasteiger partial charge < -0.3 is 19.9 Å². The lowest BCUT2D eigenvalue weighted by atomic mass is 10.1. The SMILES string of the molecule is CC(C)n1cc(Br)cc1C(=O)NCC(C)(O)CN(C)C. The largest absolute Gasteiger partial charge is 0.387 e. The van der Waals surface area contributed by atoms with Crippen LogP contribution in [0.25, 0.3) is 0 Å². The lowest BCUT2D eigenvalue weighted by molar-refractivity contribution is 0.0324. The maximum Gasteiger partial charge on any atom is 0.268 e. The van der Waals surface area contributed by atoms with Gasteiger partial charge in [-0.3, -0.25) is 4.79 Å². The zero-order chi connectivity index (χ0) is 15.5. The van der Waals surface area contributed by atoms with E-state index in [1.54, 1.807) is 13.0 Å². The summed E-state index contributed by atoms with van der Waals surface area (Å²) >= 11 is 3.39. The van der Waals surface area contributed by atoms with Crippen molar-refractivity contribution in [1.29, 1.82) is 0 Å². The number of nitrogens with one attached hydrogen (secondary N) is 1. The average molecular weight is 346 g/mol. The molecule has 1 amide bonds. The number of carbonyl (C=O) groups is 1. The molecule has 1 heterocycles. The maximum atomic E-state index is 12.2. The molecule has 1 unspecified atom stereocenters. The highest BCUT2D eigenvalue weighted by Gasteiger charge is 2.23. The Labute approximate surface area is 129 Å². The Bertz CT molecular complexity index is 467. The van der Waals surface area contributed by atoms with Gasteiger partial charge in [-0.2, -0.15) is 0 Å². The molecule has 0 radical (unpaired) electrons. The first-order chi connectivity index (χ1) is 9.12. The van der Waals surface area contributed by atoms with Gasteiger partial charge in [0, 0.05) is 29.8 Å². The molecule has 0 aliphatic carbocycles. The van der Waals surface area contributed by atoms with Crippen molar-refractivity contribution in [2.24, 2.45) is 0 Å². The Balaban J connectivity index is 2.73. The van der Waals surface area contributed by atoms with Crippen molar-refractivity contribution in [3.05, 3.63) is 22.4 Å². The van der Waals surface area contributed by atoms with E-state index in [0.29, 0.717) is 12.2 Å². The normalized spacial score (nSPS) is 14.7. The monoisotopic (exact) mass is 345 g/mol. The topological polar surface area (TPSA) is 57.5 Å². The van der Waals surface area contributed by atoms with Crippen molar-refractivity contribution in [3.8, 4) is 0 Å². The minimum Gasteiger partial charge on any atom is -0.387 e. The summed E-state index contributed by atoms with van der Waals surface area (Å²) in [5.74, 6) is -0.177. The molecule has 1 rings (SSSR count). The van der Waals surface area contributed by atoms with Crippen LogP contribution in [0.2, 0.25) is 0 Å². The van der Waals surface area contributed by atoms with Crippen molar-refractivity contribution in [1.82, 2.24) is 14.8 Å². The van der Waals surface area contributed by atoms with Crippen molar-refractivity contribution in [3.63, 3.8) is 0 Å². The summed E-state index contributed by atoms with van der Waals surface area (Å²) in [4.78, 5) is 14.1. The van der Waals surface area contributed by atoms with E-state index in [0.717, 1.165) is 4.47 Å². The van der Waals surface area contributed by atoms with Gasteiger partial charge >= 0.3 is 0 Å².